The average molecular weight is 517 g/mol. The Kier molecular flexibility index (Phi) is 7.44. The fraction of sp³-hybridized carbons (Fsp3) is 0.308. The maximum absolute atomic E-state index is 13.6. The molecule has 0 aromatic heterocycles. The number of nitrogens with one attached hydrogen (secondary N) is 1. The van der Waals surface area contributed by atoms with Crippen LogP contribution in [0.5, 0.6) is 17.2 Å². The summed E-state index contributed by atoms with van der Waals surface area (Å²) in [6, 6.07) is 15.6. The van der Waals surface area contributed by atoms with Crippen molar-refractivity contribution in [3.05, 3.63) is 65.2 Å². The summed E-state index contributed by atoms with van der Waals surface area (Å²) in [6.07, 6.45) is 0.886. The van der Waals surface area contributed by atoms with Crippen LogP contribution in [-0.2, 0) is 10.0 Å². The van der Waals surface area contributed by atoms with Crippen molar-refractivity contribution in [2.45, 2.75) is 24.3 Å². The first-order chi connectivity index (χ1) is 16.7. The van der Waals surface area contributed by atoms with Gasteiger partial charge < -0.3 is 19.1 Å². The summed E-state index contributed by atoms with van der Waals surface area (Å²) < 4.78 is 46.9. The minimum atomic E-state index is -4.02. The zero-order valence-electron chi connectivity index (χ0n) is 20.2. The minimum absolute atomic E-state index is 0.00290. The number of rotatable bonds is 8. The van der Waals surface area contributed by atoms with E-state index in [2.05, 4.69) is 9.62 Å². The Balaban J connectivity index is 1.72. The molecule has 0 aliphatic carbocycles. The van der Waals surface area contributed by atoms with Crippen LogP contribution < -0.4 is 18.9 Å². The van der Waals surface area contributed by atoms with Crippen molar-refractivity contribution in [3.63, 3.8) is 0 Å². The number of hydrogen-bond donors (Lipinski definition) is 1. The number of methoxy groups -OCH3 is 2. The fourth-order valence-electron chi connectivity index (χ4n) is 4.16. The van der Waals surface area contributed by atoms with Gasteiger partial charge in [0.25, 0.3) is 10.0 Å². The van der Waals surface area contributed by atoms with Gasteiger partial charge in [0.05, 0.1) is 29.8 Å². The van der Waals surface area contributed by atoms with Gasteiger partial charge in [-0.25, -0.2) is 8.42 Å². The number of aryl methyl sites for hydroxylation is 1. The first kappa shape index (κ1) is 25.2. The lowest BCUT2D eigenvalue weighted by atomic mass is 10.0. The average Bonchev–Trinajstić information content (AvgIpc) is 3.24. The third-order valence-corrected chi connectivity index (χ3v) is 7.66. The van der Waals surface area contributed by atoms with Crippen LogP contribution in [0.3, 0.4) is 0 Å². The molecule has 4 rings (SSSR count). The fourth-order valence-corrected chi connectivity index (χ4v) is 5.60. The molecule has 1 saturated heterocycles. The largest absolute Gasteiger partial charge is 0.493 e. The molecular formula is C26H29ClN2O5S. The van der Waals surface area contributed by atoms with Crippen molar-refractivity contribution in [1.82, 2.24) is 4.90 Å². The van der Waals surface area contributed by atoms with E-state index in [0.29, 0.717) is 33.5 Å². The number of likely N-dealkylation sites (tertiary alicyclic amines) is 1. The Bertz CT molecular complexity index is 1330. The third kappa shape index (κ3) is 5.66. The number of benzene rings is 3. The smallest absolute Gasteiger partial charge is 0.262 e. The highest BCUT2D eigenvalue weighted by Crippen LogP contribution is 2.39. The zero-order chi connectivity index (χ0) is 25.2. The van der Waals surface area contributed by atoms with E-state index in [-0.39, 0.29) is 11.0 Å². The van der Waals surface area contributed by atoms with Crippen LogP contribution in [0.4, 0.5) is 5.69 Å². The van der Waals surface area contributed by atoms with Gasteiger partial charge in [-0.05, 0) is 44.2 Å². The van der Waals surface area contributed by atoms with Crippen LogP contribution in [0, 0.1) is 6.92 Å². The van der Waals surface area contributed by atoms with Crippen molar-refractivity contribution < 1.29 is 22.6 Å². The molecule has 1 fully saturated rings. The van der Waals surface area contributed by atoms with Gasteiger partial charge in [-0.3, -0.25) is 4.72 Å². The summed E-state index contributed by atoms with van der Waals surface area (Å²) in [5.41, 5.74) is 2.60. The third-order valence-electron chi connectivity index (χ3n) is 5.93. The van der Waals surface area contributed by atoms with E-state index in [0.717, 1.165) is 30.6 Å². The molecule has 1 heterocycles. The van der Waals surface area contributed by atoms with E-state index in [1.807, 2.05) is 38.2 Å². The summed E-state index contributed by atoms with van der Waals surface area (Å²) in [4.78, 5) is 2.24. The molecule has 1 aliphatic heterocycles. The molecule has 7 nitrogen and oxygen atoms in total. The van der Waals surface area contributed by atoms with E-state index in [1.54, 1.807) is 24.3 Å². The van der Waals surface area contributed by atoms with E-state index >= 15 is 0 Å². The second-order valence-electron chi connectivity index (χ2n) is 8.61. The SMILES string of the molecule is COc1cc(-c2cccc(C)c2)c(S(=O)(=O)Nc2ccc(Cl)c(O[C@@H]3CCN(C)C3)c2)cc1OC. The predicted molar refractivity (Wildman–Crippen MR) is 139 cm³/mol. The Morgan fingerprint density at radius 2 is 1.74 bits per heavy atom. The molecule has 0 radical (unpaired) electrons. The number of anilines is 1. The normalized spacial score (nSPS) is 16.2. The van der Waals surface area contributed by atoms with Gasteiger partial charge in [-0.15, -0.1) is 0 Å². The molecule has 0 bridgehead atoms. The molecule has 0 saturated carbocycles. The van der Waals surface area contributed by atoms with Crippen LogP contribution in [-0.4, -0.2) is 53.8 Å². The highest BCUT2D eigenvalue weighted by atomic mass is 35.5. The van der Waals surface area contributed by atoms with Gasteiger partial charge in [-0.2, -0.15) is 0 Å². The molecule has 1 N–H and O–H groups in total. The lowest BCUT2D eigenvalue weighted by Crippen LogP contribution is -2.21. The van der Waals surface area contributed by atoms with Gasteiger partial charge in [0.1, 0.15) is 11.9 Å². The lowest BCUT2D eigenvalue weighted by Gasteiger charge is -2.18. The van der Waals surface area contributed by atoms with E-state index in [9.17, 15) is 8.42 Å². The number of likely N-dealkylation sites (N-methyl/N-ethyl adjacent to an activating group) is 1. The van der Waals surface area contributed by atoms with Gasteiger partial charge in [0.2, 0.25) is 0 Å². The molecule has 3 aromatic rings. The number of nitrogens with zero attached hydrogens (tertiary/aromatic N) is 1. The van der Waals surface area contributed by atoms with Crippen LogP contribution in [0.25, 0.3) is 11.1 Å². The second kappa shape index (κ2) is 10.4. The van der Waals surface area contributed by atoms with Gasteiger partial charge in [-0.1, -0.05) is 41.4 Å². The van der Waals surface area contributed by atoms with E-state index in [4.69, 9.17) is 25.8 Å². The Labute approximate surface area is 211 Å². The zero-order valence-corrected chi connectivity index (χ0v) is 21.7. The Morgan fingerprint density at radius 3 is 2.40 bits per heavy atom. The number of sulfonamides is 1. The summed E-state index contributed by atoms with van der Waals surface area (Å²) in [5, 5.41) is 0.425. The second-order valence-corrected chi connectivity index (χ2v) is 10.7. The quantitative estimate of drug-likeness (QED) is 0.442. The number of halogens is 1. The van der Waals surface area contributed by atoms with Crippen molar-refractivity contribution in [1.29, 1.82) is 0 Å². The Morgan fingerprint density at radius 1 is 1.00 bits per heavy atom. The predicted octanol–water partition coefficient (Wildman–Crippen LogP) is 5.22. The lowest BCUT2D eigenvalue weighted by molar-refractivity contribution is 0.208. The molecule has 1 atom stereocenters. The molecular weight excluding hydrogens is 488 g/mol. The minimum Gasteiger partial charge on any atom is -0.493 e. The monoisotopic (exact) mass is 516 g/mol. The Hall–Kier alpha value is -2.94. The van der Waals surface area contributed by atoms with E-state index < -0.39 is 10.0 Å². The molecule has 0 amide bonds. The summed E-state index contributed by atoms with van der Waals surface area (Å²) in [5.74, 6) is 1.19. The molecule has 0 spiro atoms. The van der Waals surface area contributed by atoms with Gasteiger partial charge in [0.15, 0.2) is 11.5 Å². The topological polar surface area (TPSA) is 77.1 Å². The van der Waals surface area contributed by atoms with Crippen LogP contribution in [0.2, 0.25) is 5.02 Å². The summed E-state index contributed by atoms with van der Waals surface area (Å²) in [7, 11) is 0.997. The van der Waals surface area contributed by atoms with Gasteiger partial charge in [0, 0.05) is 30.8 Å². The summed E-state index contributed by atoms with van der Waals surface area (Å²) in [6.45, 7) is 3.68. The highest BCUT2D eigenvalue weighted by Gasteiger charge is 2.25. The van der Waals surface area contributed by atoms with Crippen molar-refractivity contribution in [2.75, 3.05) is 39.1 Å². The number of ether oxygens (including phenoxy) is 3. The molecule has 35 heavy (non-hydrogen) atoms. The van der Waals surface area contributed by atoms with Crippen molar-refractivity contribution in [3.8, 4) is 28.4 Å². The highest BCUT2D eigenvalue weighted by molar-refractivity contribution is 7.92. The molecule has 9 heteroatoms. The van der Waals surface area contributed by atoms with Gasteiger partial charge >= 0.3 is 0 Å². The maximum Gasteiger partial charge on any atom is 0.262 e. The molecule has 0 unspecified atom stereocenters. The van der Waals surface area contributed by atoms with Crippen LogP contribution in [0.1, 0.15) is 12.0 Å². The maximum atomic E-state index is 13.6. The van der Waals surface area contributed by atoms with Crippen molar-refractivity contribution >= 4 is 27.3 Å². The standard InChI is InChI=1S/C26H29ClN2O5S/c1-17-6-5-7-18(12-17)21-14-24(32-3)25(33-4)15-26(21)35(30,31)28-19-8-9-22(27)23(13-19)34-20-10-11-29(2)16-20/h5-9,12-15,20,28H,10-11,16H2,1-4H3/t20-/m1/s1. The molecule has 3 aromatic carbocycles. The number of hydrogen-bond acceptors (Lipinski definition) is 6. The van der Waals surface area contributed by atoms with Crippen molar-refractivity contribution in [2.24, 2.45) is 0 Å². The van der Waals surface area contributed by atoms with E-state index in [1.165, 1.54) is 20.3 Å². The first-order valence-corrected chi connectivity index (χ1v) is 13.1. The van der Waals surface area contributed by atoms with Crippen LogP contribution in [0.15, 0.2) is 59.5 Å². The molecule has 186 valence electrons. The van der Waals surface area contributed by atoms with Crippen LogP contribution >= 0.6 is 11.6 Å². The molecule has 1 aliphatic rings. The first-order valence-electron chi connectivity index (χ1n) is 11.2. The summed E-state index contributed by atoms with van der Waals surface area (Å²) >= 11 is 6.35.